The SMILES string of the molecule is O=C(CCn1c(=O)oc2cc(S(=O)(=O)N3CCCC3)ccc21)NC(c1ccccc1)c1ccco1. The van der Waals surface area contributed by atoms with E-state index in [2.05, 4.69) is 5.32 Å². The van der Waals surface area contributed by atoms with Gasteiger partial charge in [0.05, 0.1) is 16.7 Å². The molecular weight excluding hydrogens is 470 g/mol. The van der Waals surface area contributed by atoms with E-state index in [1.807, 2.05) is 30.3 Å². The number of hydrogen-bond donors (Lipinski definition) is 1. The fourth-order valence-corrected chi connectivity index (χ4v) is 5.90. The van der Waals surface area contributed by atoms with Crippen molar-refractivity contribution < 1.29 is 22.0 Å². The highest BCUT2D eigenvalue weighted by molar-refractivity contribution is 7.89. The summed E-state index contributed by atoms with van der Waals surface area (Å²) in [5.74, 6) is -0.318. The first-order valence-corrected chi connectivity index (χ1v) is 12.9. The molecular formula is C25H25N3O6S. The molecule has 1 amide bonds. The smallest absolute Gasteiger partial charge is 0.419 e. The zero-order valence-electron chi connectivity index (χ0n) is 18.9. The van der Waals surface area contributed by atoms with Crippen LogP contribution in [0.25, 0.3) is 11.1 Å². The Hall–Kier alpha value is -3.63. The first kappa shape index (κ1) is 23.1. The van der Waals surface area contributed by atoms with Crippen molar-refractivity contribution in [3.05, 3.63) is 88.8 Å². The van der Waals surface area contributed by atoms with Crippen LogP contribution < -0.4 is 11.1 Å². The van der Waals surface area contributed by atoms with Gasteiger partial charge in [-0.25, -0.2) is 13.2 Å². The number of nitrogens with zero attached hydrogens (tertiary/aromatic N) is 2. The number of sulfonamides is 1. The van der Waals surface area contributed by atoms with E-state index in [0.29, 0.717) is 24.4 Å². The minimum absolute atomic E-state index is 0.0202. The second-order valence-corrected chi connectivity index (χ2v) is 10.4. The maximum atomic E-state index is 12.8. The molecule has 1 atom stereocenters. The van der Waals surface area contributed by atoms with Gasteiger partial charge >= 0.3 is 5.76 Å². The standard InChI is InChI=1S/C25H25N3O6S/c29-23(26-24(21-9-6-16-33-21)18-7-2-1-3-8-18)12-15-28-20-11-10-19(17-22(20)34-25(28)30)35(31,32)27-13-4-5-14-27/h1-3,6-11,16-17,24H,4-5,12-15H2,(H,26,29). The maximum absolute atomic E-state index is 12.8. The van der Waals surface area contributed by atoms with Crippen molar-refractivity contribution in [3.63, 3.8) is 0 Å². The van der Waals surface area contributed by atoms with Crippen molar-refractivity contribution in [2.24, 2.45) is 0 Å². The van der Waals surface area contributed by atoms with Gasteiger partial charge in [0.2, 0.25) is 15.9 Å². The zero-order chi connectivity index (χ0) is 24.4. The Labute approximate surface area is 202 Å². The van der Waals surface area contributed by atoms with E-state index in [9.17, 15) is 18.0 Å². The fourth-order valence-electron chi connectivity index (χ4n) is 4.36. The molecule has 10 heteroatoms. The molecule has 0 saturated carbocycles. The molecule has 0 bridgehead atoms. The summed E-state index contributed by atoms with van der Waals surface area (Å²) in [5.41, 5.74) is 1.48. The molecule has 0 radical (unpaired) electrons. The van der Waals surface area contributed by atoms with Crippen molar-refractivity contribution in [1.82, 2.24) is 14.2 Å². The fraction of sp³-hybridized carbons (Fsp3) is 0.280. The van der Waals surface area contributed by atoms with Gasteiger partial charge in [0.15, 0.2) is 5.58 Å². The van der Waals surface area contributed by atoms with Gasteiger partial charge in [-0.1, -0.05) is 30.3 Å². The van der Waals surface area contributed by atoms with Crippen molar-refractivity contribution in [3.8, 4) is 0 Å². The summed E-state index contributed by atoms with van der Waals surface area (Å²) in [6.07, 6.45) is 3.24. The molecule has 2 aromatic carbocycles. The quantitative estimate of drug-likeness (QED) is 0.401. The van der Waals surface area contributed by atoms with E-state index in [0.717, 1.165) is 18.4 Å². The van der Waals surface area contributed by atoms with E-state index in [4.69, 9.17) is 8.83 Å². The summed E-state index contributed by atoms with van der Waals surface area (Å²) in [6.45, 7) is 1.06. The normalized spacial score (nSPS) is 15.4. The van der Waals surface area contributed by atoms with Gasteiger partial charge in [-0.3, -0.25) is 9.36 Å². The molecule has 1 saturated heterocycles. The minimum atomic E-state index is -3.63. The van der Waals surface area contributed by atoms with Crippen molar-refractivity contribution in [2.45, 2.75) is 36.7 Å². The topological polar surface area (TPSA) is 115 Å². The lowest BCUT2D eigenvalue weighted by Crippen LogP contribution is -2.30. The summed E-state index contributed by atoms with van der Waals surface area (Å²) in [4.78, 5) is 25.4. The molecule has 5 rings (SSSR count). The van der Waals surface area contributed by atoms with Gasteiger partial charge in [-0.2, -0.15) is 4.31 Å². The molecule has 1 aliphatic rings. The Bertz CT molecular complexity index is 1480. The molecule has 1 unspecified atom stereocenters. The van der Waals surface area contributed by atoms with Gasteiger partial charge in [0.25, 0.3) is 0 Å². The number of rotatable bonds is 8. The maximum Gasteiger partial charge on any atom is 0.419 e. The van der Waals surface area contributed by atoms with E-state index in [1.165, 1.54) is 21.0 Å². The van der Waals surface area contributed by atoms with Crippen molar-refractivity contribution in [2.75, 3.05) is 13.1 Å². The predicted octanol–water partition coefficient (Wildman–Crippen LogP) is 3.27. The van der Waals surface area contributed by atoms with Crippen LogP contribution in [-0.4, -0.2) is 36.3 Å². The average molecular weight is 496 g/mol. The van der Waals surface area contributed by atoms with Gasteiger partial charge in [-0.15, -0.1) is 0 Å². The average Bonchev–Trinajstić information content (AvgIpc) is 3.63. The van der Waals surface area contributed by atoms with Crippen LogP contribution in [-0.2, 0) is 21.4 Å². The molecule has 1 fully saturated rings. The number of aryl methyl sites for hydroxylation is 1. The lowest BCUT2D eigenvalue weighted by Gasteiger charge is -2.17. The number of hydrogen-bond acceptors (Lipinski definition) is 6. The minimum Gasteiger partial charge on any atom is -0.467 e. The lowest BCUT2D eigenvalue weighted by atomic mass is 10.0. The number of oxazole rings is 1. The highest BCUT2D eigenvalue weighted by Gasteiger charge is 2.28. The third kappa shape index (κ3) is 4.67. The number of carbonyl (C=O) groups is 1. The number of benzene rings is 2. The van der Waals surface area contributed by atoms with Crippen molar-refractivity contribution in [1.29, 1.82) is 0 Å². The van der Waals surface area contributed by atoms with Crippen LogP contribution in [0.2, 0.25) is 0 Å². The van der Waals surface area contributed by atoms with Crippen LogP contribution in [0.1, 0.15) is 36.6 Å². The molecule has 1 aliphatic heterocycles. The summed E-state index contributed by atoms with van der Waals surface area (Å²) in [6, 6.07) is 16.9. The van der Waals surface area contributed by atoms with Crippen LogP contribution in [0.5, 0.6) is 0 Å². The van der Waals surface area contributed by atoms with Crippen LogP contribution in [0.3, 0.4) is 0 Å². The Balaban J connectivity index is 1.33. The number of fused-ring (bicyclic) bond motifs is 1. The molecule has 4 aromatic rings. The van der Waals surface area contributed by atoms with E-state index in [-0.39, 0.29) is 29.4 Å². The first-order chi connectivity index (χ1) is 16.9. The third-order valence-electron chi connectivity index (χ3n) is 6.17. The Morgan fingerprint density at radius 1 is 1.03 bits per heavy atom. The summed E-state index contributed by atoms with van der Waals surface area (Å²) in [5, 5.41) is 2.96. The number of aromatic nitrogens is 1. The highest BCUT2D eigenvalue weighted by atomic mass is 32.2. The largest absolute Gasteiger partial charge is 0.467 e. The second kappa shape index (κ2) is 9.55. The first-order valence-electron chi connectivity index (χ1n) is 11.4. The second-order valence-electron chi connectivity index (χ2n) is 8.44. The molecule has 0 aliphatic carbocycles. The molecule has 1 N–H and O–H groups in total. The highest BCUT2D eigenvalue weighted by Crippen LogP contribution is 2.25. The van der Waals surface area contributed by atoms with Gasteiger partial charge in [0.1, 0.15) is 11.8 Å². The Morgan fingerprint density at radius 3 is 2.51 bits per heavy atom. The number of nitrogens with one attached hydrogen (secondary N) is 1. The van der Waals surface area contributed by atoms with Gasteiger partial charge in [0, 0.05) is 32.1 Å². The monoisotopic (exact) mass is 495 g/mol. The molecule has 182 valence electrons. The van der Waals surface area contributed by atoms with E-state index >= 15 is 0 Å². The summed E-state index contributed by atoms with van der Waals surface area (Å²) < 4.78 is 39.3. The number of carbonyl (C=O) groups excluding carboxylic acids is 1. The third-order valence-corrected chi connectivity index (χ3v) is 8.07. The van der Waals surface area contributed by atoms with Crippen LogP contribution in [0, 0.1) is 0 Å². The van der Waals surface area contributed by atoms with E-state index < -0.39 is 21.8 Å². The molecule has 35 heavy (non-hydrogen) atoms. The van der Waals surface area contributed by atoms with E-state index in [1.54, 1.807) is 24.5 Å². The Kier molecular flexibility index (Phi) is 6.31. The van der Waals surface area contributed by atoms with Crippen LogP contribution in [0.15, 0.2) is 85.5 Å². The zero-order valence-corrected chi connectivity index (χ0v) is 19.7. The molecule has 2 aromatic heterocycles. The predicted molar refractivity (Wildman–Crippen MR) is 128 cm³/mol. The lowest BCUT2D eigenvalue weighted by molar-refractivity contribution is -0.121. The number of furan rings is 1. The number of amides is 1. The van der Waals surface area contributed by atoms with Gasteiger partial charge < -0.3 is 14.2 Å². The molecule has 9 nitrogen and oxygen atoms in total. The van der Waals surface area contributed by atoms with Crippen molar-refractivity contribution >= 4 is 27.0 Å². The molecule has 0 spiro atoms. The Morgan fingerprint density at radius 2 is 1.80 bits per heavy atom. The van der Waals surface area contributed by atoms with Gasteiger partial charge in [-0.05, 0) is 42.7 Å². The summed E-state index contributed by atoms with van der Waals surface area (Å²) in [7, 11) is -3.63. The summed E-state index contributed by atoms with van der Waals surface area (Å²) >= 11 is 0. The van der Waals surface area contributed by atoms with Crippen LogP contribution in [0.4, 0.5) is 0 Å². The van der Waals surface area contributed by atoms with Crippen LogP contribution >= 0.6 is 0 Å². The molecule has 3 heterocycles.